The zero-order valence-electron chi connectivity index (χ0n) is 9.27. The molecule has 0 radical (unpaired) electrons. The van der Waals surface area contributed by atoms with Gasteiger partial charge in [-0.1, -0.05) is 0 Å². The second kappa shape index (κ2) is 3.66. The van der Waals surface area contributed by atoms with Crippen LogP contribution in [0.25, 0.3) is 0 Å². The van der Waals surface area contributed by atoms with Gasteiger partial charge in [-0.15, -0.1) is 0 Å². The maximum Gasteiger partial charge on any atom is 0.0728 e. The molecule has 2 N–H and O–H groups in total. The fraction of sp³-hybridized carbons (Fsp3) is 0.455. The van der Waals surface area contributed by atoms with E-state index in [1.807, 2.05) is 30.3 Å². The zero-order valence-corrected chi connectivity index (χ0v) is 9.27. The highest BCUT2D eigenvalue weighted by Gasteiger charge is 2.23. The summed E-state index contributed by atoms with van der Waals surface area (Å²) in [6.07, 6.45) is 9.17. The van der Waals surface area contributed by atoms with E-state index in [1.54, 1.807) is 0 Å². The predicted molar refractivity (Wildman–Crippen MR) is 61.1 cm³/mol. The lowest BCUT2D eigenvalue weighted by Crippen LogP contribution is -2.17. The lowest BCUT2D eigenvalue weighted by atomic mass is 9.93. The Morgan fingerprint density at radius 1 is 1.50 bits per heavy atom. The van der Waals surface area contributed by atoms with Crippen molar-refractivity contribution in [3.63, 3.8) is 0 Å². The van der Waals surface area contributed by atoms with Gasteiger partial charge in [0.1, 0.15) is 0 Å². The van der Waals surface area contributed by atoms with E-state index in [4.69, 9.17) is 0 Å². The summed E-state index contributed by atoms with van der Waals surface area (Å²) in [6.45, 7) is 0. The number of hydrogen-bond donors (Lipinski definition) is 2. The van der Waals surface area contributed by atoms with Crippen molar-refractivity contribution < 1.29 is 0 Å². The van der Waals surface area contributed by atoms with E-state index >= 15 is 0 Å². The highest BCUT2D eigenvalue weighted by molar-refractivity contribution is 5.42. The summed E-state index contributed by atoms with van der Waals surface area (Å²) in [5.41, 5.74) is 3.73. The molecule has 0 fully saturated rings. The molecule has 2 aromatic rings. The molecule has 1 unspecified atom stereocenters. The van der Waals surface area contributed by atoms with Crippen molar-refractivity contribution in [2.24, 2.45) is 7.05 Å². The molecular weight excluding hydrogens is 202 g/mol. The summed E-state index contributed by atoms with van der Waals surface area (Å²) < 4.78 is 1.98. The summed E-state index contributed by atoms with van der Waals surface area (Å²) in [7, 11) is 2.01. The minimum absolute atomic E-state index is 0.370. The van der Waals surface area contributed by atoms with E-state index in [9.17, 15) is 0 Å². The van der Waals surface area contributed by atoms with Crippen LogP contribution in [0, 0.1) is 0 Å². The zero-order chi connectivity index (χ0) is 11.0. The lowest BCUT2D eigenvalue weighted by Gasteiger charge is -2.23. The molecule has 0 spiro atoms. The van der Waals surface area contributed by atoms with Gasteiger partial charge < -0.3 is 5.32 Å². The van der Waals surface area contributed by atoms with Crippen molar-refractivity contribution in [1.82, 2.24) is 20.0 Å². The minimum Gasteiger partial charge on any atom is -0.376 e. The Morgan fingerprint density at radius 3 is 3.25 bits per heavy atom. The van der Waals surface area contributed by atoms with Gasteiger partial charge in [0, 0.05) is 24.5 Å². The minimum atomic E-state index is 0.370. The van der Waals surface area contributed by atoms with Crippen LogP contribution in [-0.4, -0.2) is 20.0 Å². The number of anilines is 1. The molecule has 2 heterocycles. The third kappa shape index (κ3) is 1.48. The van der Waals surface area contributed by atoms with Crippen LogP contribution in [0.15, 0.2) is 18.6 Å². The quantitative estimate of drug-likeness (QED) is 0.803. The SMILES string of the molecule is Cn1ncc2c1CCCC2Nc1cn[nH]c1. The van der Waals surface area contributed by atoms with Gasteiger partial charge in [0.05, 0.1) is 24.1 Å². The van der Waals surface area contributed by atoms with E-state index < -0.39 is 0 Å². The van der Waals surface area contributed by atoms with Crippen molar-refractivity contribution in [3.8, 4) is 0 Å². The predicted octanol–water partition coefficient (Wildman–Crippen LogP) is 1.63. The van der Waals surface area contributed by atoms with Crippen LogP contribution in [0.5, 0.6) is 0 Å². The summed E-state index contributed by atoms with van der Waals surface area (Å²) in [4.78, 5) is 0. The second-order valence-electron chi connectivity index (χ2n) is 4.25. The van der Waals surface area contributed by atoms with Gasteiger partial charge in [0.15, 0.2) is 0 Å². The summed E-state index contributed by atoms with van der Waals surface area (Å²) >= 11 is 0. The maximum atomic E-state index is 4.33. The van der Waals surface area contributed by atoms with E-state index in [1.165, 1.54) is 17.7 Å². The molecule has 5 nitrogen and oxygen atoms in total. The number of rotatable bonds is 2. The molecule has 1 aliphatic rings. The van der Waals surface area contributed by atoms with Crippen molar-refractivity contribution in [2.45, 2.75) is 25.3 Å². The summed E-state index contributed by atoms with van der Waals surface area (Å²) in [5, 5.41) is 14.6. The first-order valence-electron chi connectivity index (χ1n) is 5.60. The van der Waals surface area contributed by atoms with Crippen LogP contribution in [0.3, 0.4) is 0 Å². The molecule has 0 saturated heterocycles. The molecule has 1 aliphatic carbocycles. The number of fused-ring (bicyclic) bond motifs is 1. The first-order chi connectivity index (χ1) is 7.84. The average Bonchev–Trinajstić information content (AvgIpc) is 2.90. The van der Waals surface area contributed by atoms with Crippen LogP contribution < -0.4 is 5.32 Å². The highest BCUT2D eigenvalue weighted by atomic mass is 15.3. The molecule has 5 heteroatoms. The van der Waals surface area contributed by atoms with E-state index in [-0.39, 0.29) is 0 Å². The fourth-order valence-corrected chi connectivity index (χ4v) is 2.39. The van der Waals surface area contributed by atoms with Crippen molar-refractivity contribution in [3.05, 3.63) is 29.8 Å². The van der Waals surface area contributed by atoms with Gasteiger partial charge in [0.2, 0.25) is 0 Å². The molecule has 0 saturated carbocycles. The highest BCUT2D eigenvalue weighted by Crippen LogP contribution is 2.31. The van der Waals surface area contributed by atoms with Gasteiger partial charge in [-0.3, -0.25) is 9.78 Å². The molecule has 16 heavy (non-hydrogen) atoms. The van der Waals surface area contributed by atoms with Gasteiger partial charge in [-0.05, 0) is 19.3 Å². The van der Waals surface area contributed by atoms with Gasteiger partial charge >= 0.3 is 0 Å². The van der Waals surface area contributed by atoms with Crippen LogP contribution >= 0.6 is 0 Å². The number of hydrogen-bond acceptors (Lipinski definition) is 3. The molecule has 3 rings (SSSR count). The van der Waals surface area contributed by atoms with Crippen LogP contribution in [0.2, 0.25) is 0 Å². The number of nitrogens with one attached hydrogen (secondary N) is 2. The Bertz CT molecular complexity index is 471. The van der Waals surface area contributed by atoms with Gasteiger partial charge in [0.25, 0.3) is 0 Å². The molecule has 2 aromatic heterocycles. The number of H-pyrrole nitrogens is 1. The van der Waals surface area contributed by atoms with Gasteiger partial charge in [-0.2, -0.15) is 10.2 Å². The maximum absolute atomic E-state index is 4.33. The van der Waals surface area contributed by atoms with Crippen LogP contribution in [0.1, 0.15) is 30.1 Å². The Morgan fingerprint density at radius 2 is 2.44 bits per heavy atom. The Kier molecular flexibility index (Phi) is 2.16. The first kappa shape index (κ1) is 9.45. The van der Waals surface area contributed by atoms with Gasteiger partial charge in [-0.25, -0.2) is 0 Å². The number of aryl methyl sites for hydroxylation is 1. The average molecular weight is 217 g/mol. The Balaban J connectivity index is 1.87. The smallest absolute Gasteiger partial charge is 0.0728 e. The van der Waals surface area contributed by atoms with E-state index in [2.05, 4.69) is 20.6 Å². The number of nitrogens with zero attached hydrogens (tertiary/aromatic N) is 3. The largest absolute Gasteiger partial charge is 0.376 e. The van der Waals surface area contributed by atoms with E-state index in [0.717, 1.165) is 18.5 Å². The standard InChI is InChI=1S/C11H15N5/c1-16-11-4-2-3-10(9(11)7-14-16)15-8-5-12-13-6-8/h5-7,10,15H,2-4H2,1H3,(H,12,13). The Hall–Kier alpha value is -1.78. The molecule has 0 aromatic carbocycles. The number of aromatic amines is 1. The van der Waals surface area contributed by atoms with Crippen molar-refractivity contribution >= 4 is 5.69 Å². The summed E-state index contributed by atoms with van der Waals surface area (Å²) in [6, 6.07) is 0.370. The van der Waals surface area contributed by atoms with E-state index in [0.29, 0.717) is 6.04 Å². The number of aromatic nitrogens is 4. The molecular formula is C11H15N5. The Labute approximate surface area is 93.9 Å². The molecule has 0 bridgehead atoms. The third-order valence-electron chi connectivity index (χ3n) is 3.21. The van der Waals surface area contributed by atoms with Crippen LogP contribution in [-0.2, 0) is 13.5 Å². The molecule has 0 aliphatic heterocycles. The monoisotopic (exact) mass is 217 g/mol. The molecule has 1 atom stereocenters. The lowest BCUT2D eigenvalue weighted by molar-refractivity contribution is 0.571. The van der Waals surface area contributed by atoms with Crippen LogP contribution in [0.4, 0.5) is 5.69 Å². The second-order valence-corrected chi connectivity index (χ2v) is 4.25. The molecule has 84 valence electrons. The first-order valence-corrected chi connectivity index (χ1v) is 5.60. The third-order valence-corrected chi connectivity index (χ3v) is 3.21. The molecule has 0 amide bonds. The van der Waals surface area contributed by atoms with Crippen molar-refractivity contribution in [1.29, 1.82) is 0 Å². The fourth-order valence-electron chi connectivity index (χ4n) is 2.39. The van der Waals surface area contributed by atoms with Crippen molar-refractivity contribution in [2.75, 3.05) is 5.32 Å². The topological polar surface area (TPSA) is 58.5 Å². The summed E-state index contributed by atoms with van der Waals surface area (Å²) in [5.74, 6) is 0. The normalized spacial score (nSPS) is 19.4.